The minimum atomic E-state index is -0.724. The predicted octanol–water partition coefficient (Wildman–Crippen LogP) is 0.992. The summed E-state index contributed by atoms with van der Waals surface area (Å²) < 4.78 is 4.45. The first-order valence-electron chi connectivity index (χ1n) is 5.44. The maximum atomic E-state index is 11.6. The number of hydrogen-bond donors (Lipinski definition) is 0. The monoisotopic (exact) mass is 277 g/mol. The number of benzene rings is 1. The summed E-state index contributed by atoms with van der Waals surface area (Å²) in [5.74, 6) is -1.23. The number of anilines is 1. The molecule has 0 bridgehead atoms. The Morgan fingerprint density at radius 2 is 2.15 bits per heavy atom. The maximum Gasteiger partial charge on any atom is 0.325 e. The molecule has 0 saturated carbocycles. The molecule has 0 atom stereocenters. The van der Waals surface area contributed by atoms with E-state index in [1.807, 2.05) is 0 Å². The number of rotatable bonds is 4. The summed E-state index contributed by atoms with van der Waals surface area (Å²) in [5, 5.41) is 19.9. The van der Waals surface area contributed by atoms with Crippen LogP contribution in [-0.4, -0.2) is 30.5 Å². The summed E-state index contributed by atoms with van der Waals surface area (Å²) >= 11 is 0. The van der Waals surface area contributed by atoms with Gasteiger partial charge in [-0.3, -0.25) is 24.6 Å². The molecule has 0 heterocycles. The van der Waals surface area contributed by atoms with E-state index in [2.05, 4.69) is 4.74 Å². The molecule has 0 fully saturated rings. The van der Waals surface area contributed by atoms with E-state index in [4.69, 9.17) is 5.26 Å². The molecule has 1 rings (SSSR count). The molecule has 1 amide bonds. The smallest absolute Gasteiger partial charge is 0.325 e. The topological polar surface area (TPSA) is 114 Å². The van der Waals surface area contributed by atoms with E-state index in [1.54, 1.807) is 6.07 Å². The van der Waals surface area contributed by atoms with Gasteiger partial charge in [0.15, 0.2) is 5.56 Å². The van der Waals surface area contributed by atoms with Crippen molar-refractivity contribution in [3.63, 3.8) is 0 Å². The summed E-state index contributed by atoms with van der Waals surface area (Å²) in [5.41, 5.74) is -0.711. The van der Waals surface area contributed by atoms with Crippen molar-refractivity contribution in [2.24, 2.45) is 0 Å². The van der Waals surface area contributed by atoms with E-state index >= 15 is 0 Å². The molecule has 8 heteroatoms. The van der Waals surface area contributed by atoms with Gasteiger partial charge in [0.1, 0.15) is 12.6 Å². The zero-order chi connectivity index (χ0) is 15.3. The average Bonchev–Trinajstić information content (AvgIpc) is 2.42. The van der Waals surface area contributed by atoms with Crippen LogP contribution in [0.4, 0.5) is 11.4 Å². The highest BCUT2D eigenvalue weighted by atomic mass is 16.6. The Balaban J connectivity index is 3.38. The van der Waals surface area contributed by atoms with Gasteiger partial charge in [-0.25, -0.2) is 0 Å². The Labute approximate surface area is 114 Å². The van der Waals surface area contributed by atoms with Crippen molar-refractivity contribution in [3.8, 4) is 6.07 Å². The van der Waals surface area contributed by atoms with Crippen LogP contribution in [0.25, 0.3) is 0 Å². The lowest BCUT2D eigenvalue weighted by molar-refractivity contribution is -0.385. The van der Waals surface area contributed by atoms with Crippen molar-refractivity contribution in [1.82, 2.24) is 0 Å². The lowest BCUT2D eigenvalue weighted by Crippen LogP contribution is -2.35. The van der Waals surface area contributed by atoms with Crippen LogP contribution in [0, 0.1) is 21.4 Å². The fraction of sp³-hybridized carbons (Fsp3) is 0.250. The van der Waals surface area contributed by atoms with Crippen molar-refractivity contribution in [3.05, 3.63) is 33.9 Å². The van der Waals surface area contributed by atoms with Crippen LogP contribution >= 0.6 is 0 Å². The van der Waals surface area contributed by atoms with Crippen LogP contribution in [-0.2, 0) is 14.3 Å². The van der Waals surface area contributed by atoms with E-state index in [9.17, 15) is 19.7 Å². The second-order valence-corrected chi connectivity index (χ2v) is 3.72. The minimum absolute atomic E-state index is 0.000370. The molecule has 0 aliphatic heterocycles. The Bertz CT molecular complexity index is 606. The van der Waals surface area contributed by atoms with E-state index in [0.29, 0.717) is 0 Å². The molecule has 0 aliphatic carbocycles. The Morgan fingerprint density at radius 1 is 1.50 bits per heavy atom. The standard InChI is InChI=1S/C12H11N3O5/c1-8(16)14(7-12(17)20-2)10-4-3-5-11(15(18)19)9(10)6-13/h3-5H,7H2,1-2H3. The lowest BCUT2D eigenvalue weighted by Gasteiger charge is -2.20. The van der Waals surface area contributed by atoms with Gasteiger partial charge in [-0.2, -0.15) is 5.26 Å². The van der Waals surface area contributed by atoms with Crippen molar-refractivity contribution in [2.75, 3.05) is 18.6 Å². The summed E-state index contributed by atoms with van der Waals surface area (Å²) in [6, 6.07) is 5.53. The quantitative estimate of drug-likeness (QED) is 0.460. The van der Waals surface area contributed by atoms with E-state index in [1.165, 1.54) is 19.1 Å². The van der Waals surface area contributed by atoms with E-state index < -0.39 is 29.0 Å². The molecular weight excluding hydrogens is 266 g/mol. The van der Waals surface area contributed by atoms with Crippen LogP contribution in [0.3, 0.4) is 0 Å². The van der Waals surface area contributed by atoms with Crippen LogP contribution in [0.15, 0.2) is 18.2 Å². The fourth-order valence-electron chi connectivity index (χ4n) is 1.58. The number of nitrogens with zero attached hydrogens (tertiary/aromatic N) is 3. The molecule has 0 aromatic heterocycles. The number of methoxy groups -OCH3 is 1. The minimum Gasteiger partial charge on any atom is -0.468 e. The third-order valence-corrected chi connectivity index (χ3v) is 2.51. The van der Waals surface area contributed by atoms with E-state index in [-0.39, 0.29) is 11.3 Å². The second kappa shape index (κ2) is 6.29. The number of esters is 1. The average molecular weight is 277 g/mol. The van der Waals surface area contributed by atoms with Gasteiger partial charge in [0.25, 0.3) is 5.69 Å². The van der Waals surface area contributed by atoms with Gasteiger partial charge in [-0.05, 0) is 6.07 Å². The first-order chi connectivity index (χ1) is 9.42. The Hall–Kier alpha value is -2.95. The number of amides is 1. The van der Waals surface area contributed by atoms with Crippen LogP contribution in [0.1, 0.15) is 12.5 Å². The number of carbonyl (C=O) groups excluding carboxylic acids is 2. The highest BCUT2D eigenvalue weighted by Crippen LogP contribution is 2.28. The molecule has 0 radical (unpaired) electrons. The normalized spacial score (nSPS) is 9.45. The molecule has 0 unspecified atom stereocenters. The number of nitriles is 1. The van der Waals surface area contributed by atoms with Gasteiger partial charge in [-0.1, -0.05) is 6.07 Å². The molecule has 0 spiro atoms. The first-order valence-corrected chi connectivity index (χ1v) is 5.44. The van der Waals surface area contributed by atoms with Crippen LogP contribution < -0.4 is 4.90 Å². The molecule has 20 heavy (non-hydrogen) atoms. The van der Waals surface area contributed by atoms with E-state index in [0.717, 1.165) is 18.1 Å². The summed E-state index contributed by atoms with van der Waals surface area (Å²) in [7, 11) is 1.15. The highest BCUT2D eigenvalue weighted by molar-refractivity contribution is 5.98. The zero-order valence-electron chi connectivity index (χ0n) is 10.8. The predicted molar refractivity (Wildman–Crippen MR) is 67.9 cm³/mol. The van der Waals surface area contributed by atoms with Gasteiger partial charge >= 0.3 is 5.97 Å². The van der Waals surface area contributed by atoms with Gasteiger partial charge in [-0.15, -0.1) is 0 Å². The Morgan fingerprint density at radius 3 is 2.60 bits per heavy atom. The highest BCUT2D eigenvalue weighted by Gasteiger charge is 2.24. The third kappa shape index (κ3) is 3.08. The molecular formula is C12H11N3O5. The van der Waals surface area contributed by atoms with Crippen molar-refractivity contribution in [2.45, 2.75) is 6.92 Å². The van der Waals surface area contributed by atoms with Gasteiger partial charge < -0.3 is 4.74 Å². The number of nitro groups is 1. The summed E-state index contributed by atoms with van der Waals surface area (Å²) in [6.07, 6.45) is 0. The number of ether oxygens (including phenoxy) is 1. The van der Waals surface area contributed by atoms with Gasteiger partial charge in [0, 0.05) is 13.0 Å². The molecule has 1 aromatic rings. The van der Waals surface area contributed by atoms with Crippen LogP contribution in [0.5, 0.6) is 0 Å². The number of carbonyl (C=O) groups is 2. The molecule has 8 nitrogen and oxygen atoms in total. The third-order valence-electron chi connectivity index (χ3n) is 2.51. The Kier molecular flexibility index (Phi) is 4.75. The van der Waals surface area contributed by atoms with Crippen molar-refractivity contribution >= 4 is 23.3 Å². The molecule has 0 aliphatic rings. The SMILES string of the molecule is COC(=O)CN(C(C)=O)c1cccc([N+](=O)[O-])c1C#N. The van der Waals surface area contributed by atoms with Crippen molar-refractivity contribution < 1.29 is 19.2 Å². The summed E-state index contributed by atoms with van der Waals surface area (Å²) in [6.45, 7) is 0.755. The maximum absolute atomic E-state index is 11.6. The second-order valence-electron chi connectivity index (χ2n) is 3.72. The van der Waals surface area contributed by atoms with Gasteiger partial charge in [0.05, 0.1) is 17.7 Å². The molecule has 0 N–H and O–H groups in total. The largest absolute Gasteiger partial charge is 0.468 e. The number of hydrogen-bond acceptors (Lipinski definition) is 6. The van der Waals surface area contributed by atoms with Crippen LogP contribution in [0.2, 0.25) is 0 Å². The summed E-state index contributed by atoms with van der Waals surface area (Å²) in [4.78, 5) is 34.0. The molecule has 1 aromatic carbocycles. The zero-order valence-corrected chi connectivity index (χ0v) is 10.8. The lowest BCUT2D eigenvalue weighted by atomic mass is 10.1. The van der Waals surface area contributed by atoms with Gasteiger partial charge in [0.2, 0.25) is 5.91 Å². The molecule has 104 valence electrons. The van der Waals surface area contributed by atoms with Crippen molar-refractivity contribution in [1.29, 1.82) is 5.26 Å². The molecule has 0 saturated heterocycles. The fourth-order valence-corrected chi connectivity index (χ4v) is 1.58. The number of nitro benzene ring substituents is 1. The first kappa shape index (κ1) is 15.1.